The maximum Gasteiger partial charge on any atom is 0.259 e. The lowest BCUT2D eigenvalue weighted by molar-refractivity contribution is 0.0950. The van der Waals surface area contributed by atoms with Gasteiger partial charge in [0.05, 0.1) is 12.2 Å². The molecule has 2 saturated carbocycles. The van der Waals surface area contributed by atoms with Gasteiger partial charge in [-0.2, -0.15) is 0 Å². The molecular formula is C27H36N4O2S. The first-order valence-electron chi connectivity index (χ1n) is 12.8. The average molecular weight is 481 g/mol. The number of amides is 1. The van der Waals surface area contributed by atoms with Gasteiger partial charge in [-0.1, -0.05) is 25.3 Å². The molecule has 6 nitrogen and oxygen atoms in total. The molecule has 0 bridgehead atoms. The molecule has 3 aliphatic rings. The van der Waals surface area contributed by atoms with Crippen molar-refractivity contribution in [2.75, 3.05) is 41.8 Å². The van der Waals surface area contributed by atoms with Gasteiger partial charge in [-0.05, 0) is 74.3 Å². The summed E-state index contributed by atoms with van der Waals surface area (Å²) in [6.07, 6.45) is 11.6. The van der Waals surface area contributed by atoms with Gasteiger partial charge in [-0.25, -0.2) is 4.98 Å². The summed E-state index contributed by atoms with van der Waals surface area (Å²) in [7, 11) is 0. The minimum Gasteiger partial charge on any atom is -0.395 e. The summed E-state index contributed by atoms with van der Waals surface area (Å²) >= 11 is 1.93. The number of carbonyl (C=O) groups is 1. The highest BCUT2D eigenvalue weighted by Crippen LogP contribution is 2.49. The third-order valence-corrected chi connectivity index (χ3v) is 9.10. The highest BCUT2D eigenvalue weighted by atomic mass is 32.2. The van der Waals surface area contributed by atoms with Gasteiger partial charge in [0.1, 0.15) is 11.6 Å². The smallest absolute Gasteiger partial charge is 0.259 e. The standard InChI is InChI=1S/C27H36N4O2S/c32-18-15-28-24-10-9-23(25(30-24)31-16-13-27(14-17-31)11-4-12-27)26(33)29-20-5-3-8-22(19-20)34-21-6-1-2-7-21/h3,5,8-10,19,21,32H,1-2,4,6-7,11-18H2,(H,28,30)(H,29,33). The number of aliphatic hydroxyl groups is 1. The third kappa shape index (κ3) is 5.36. The van der Waals surface area contributed by atoms with Crippen molar-refractivity contribution in [3.05, 3.63) is 42.0 Å². The van der Waals surface area contributed by atoms with Gasteiger partial charge in [-0.3, -0.25) is 4.79 Å². The van der Waals surface area contributed by atoms with Gasteiger partial charge < -0.3 is 20.6 Å². The van der Waals surface area contributed by atoms with Gasteiger partial charge >= 0.3 is 0 Å². The number of hydrogen-bond donors (Lipinski definition) is 3. The Balaban J connectivity index is 1.33. The van der Waals surface area contributed by atoms with Gasteiger partial charge in [0.15, 0.2) is 0 Å². The maximum atomic E-state index is 13.4. The van der Waals surface area contributed by atoms with Gasteiger partial charge in [0.25, 0.3) is 5.91 Å². The molecule has 0 atom stereocenters. The second kappa shape index (κ2) is 10.6. The number of anilines is 3. The zero-order valence-electron chi connectivity index (χ0n) is 19.9. The monoisotopic (exact) mass is 480 g/mol. The number of pyridine rings is 1. The summed E-state index contributed by atoms with van der Waals surface area (Å²) in [6.45, 7) is 2.35. The van der Waals surface area contributed by atoms with Gasteiger partial charge in [0.2, 0.25) is 0 Å². The first kappa shape index (κ1) is 23.5. The molecular weight excluding hydrogens is 444 g/mol. The Labute approximate surface area is 206 Å². The molecule has 5 rings (SSSR count). The quantitative estimate of drug-likeness (QED) is 0.460. The Morgan fingerprint density at radius 3 is 2.59 bits per heavy atom. The van der Waals surface area contributed by atoms with Crippen LogP contribution in [0.4, 0.5) is 17.3 Å². The van der Waals surface area contributed by atoms with E-state index in [1.165, 1.54) is 62.7 Å². The SMILES string of the molecule is O=C(Nc1cccc(SC2CCCC2)c1)c1ccc(NCCO)nc1N1CCC2(CCC2)CC1. The minimum atomic E-state index is -0.122. The Morgan fingerprint density at radius 1 is 1.09 bits per heavy atom. The van der Waals surface area contributed by atoms with Crippen LogP contribution >= 0.6 is 11.8 Å². The van der Waals surface area contributed by atoms with Crippen LogP contribution in [0.3, 0.4) is 0 Å². The first-order chi connectivity index (χ1) is 16.6. The summed E-state index contributed by atoms with van der Waals surface area (Å²) in [5, 5.41) is 16.2. The molecule has 34 heavy (non-hydrogen) atoms. The molecule has 2 aliphatic carbocycles. The molecule has 0 radical (unpaired) electrons. The second-order valence-corrected chi connectivity index (χ2v) is 11.4. The summed E-state index contributed by atoms with van der Waals surface area (Å²) in [6, 6.07) is 11.9. The number of hydrogen-bond acceptors (Lipinski definition) is 6. The van der Waals surface area contributed by atoms with E-state index in [-0.39, 0.29) is 12.5 Å². The maximum absolute atomic E-state index is 13.4. The average Bonchev–Trinajstić information content (AvgIpc) is 3.35. The van der Waals surface area contributed by atoms with Crippen LogP contribution in [-0.4, -0.2) is 47.5 Å². The molecule has 1 aromatic heterocycles. The van der Waals surface area contributed by atoms with Crippen molar-refractivity contribution in [1.82, 2.24) is 4.98 Å². The van der Waals surface area contributed by atoms with E-state index in [9.17, 15) is 9.90 Å². The van der Waals surface area contributed by atoms with Crippen LogP contribution in [0.1, 0.15) is 68.1 Å². The lowest BCUT2D eigenvalue weighted by atomic mass is 9.63. The van der Waals surface area contributed by atoms with Crippen LogP contribution in [0, 0.1) is 5.41 Å². The van der Waals surface area contributed by atoms with Crippen LogP contribution in [-0.2, 0) is 0 Å². The number of aromatic nitrogens is 1. The molecule has 0 unspecified atom stereocenters. The number of piperidine rings is 1. The van der Waals surface area contributed by atoms with Crippen molar-refractivity contribution in [1.29, 1.82) is 0 Å². The fourth-order valence-corrected chi connectivity index (χ4v) is 6.87. The molecule has 2 heterocycles. The fraction of sp³-hybridized carbons (Fsp3) is 0.556. The topological polar surface area (TPSA) is 77.5 Å². The van der Waals surface area contributed by atoms with Crippen molar-refractivity contribution >= 4 is 35.0 Å². The second-order valence-electron chi connectivity index (χ2n) is 10.1. The predicted octanol–water partition coefficient (Wildman–Crippen LogP) is 5.54. The zero-order chi connectivity index (χ0) is 23.4. The highest BCUT2D eigenvalue weighted by Gasteiger charge is 2.40. The number of thioether (sulfide) groups is 1. The van der Waals surface area contributed by atoms with E-state index >= 15 is 0 Å². The van der Waals surface area contributed by atoms with E-state index in [1.807, 2.05) is 36.0 Å². The molecule has 7 heteroatoms. The Kier molecular flexibility index (Phi) is 7.30. The Morgan fingerprint density at radius 2 is 1.88 bits per heavy atom. The molecule has 1 saturated heterocycles. The van der Waals surface area contributed by atoms with Crippen molar-refractivity contribution in [2.24, 2.45) is 5.41 Å². The molecule has 182 valence electrons. The van der Waals surface area contributed by atoms with Crippen molar-refractivity contribution < 1.29 is 9.90 Å². The van der Waals surface area contributed by atoms with Gasteiger partial charge in [-0.15, -0.1) is 11.8 Å². The van der Waals surface area contributed by atoms with Crippen LogP contribution < -0.4 is 15.5 Å². The predicted molar refractivity (Wildman–Crippen MR) is 140 cm³/mol. The molecule has 1 aromatic carbocycles. The molecule has 3 fully saturated rings. The minimum absolute atomic E-state index is 0.0424. The van der Waals surface area contributed by atoms with E-state index in [4.69, 9.17) is 4.98 Å². The molecule has 1 aliphatic heterocycles. The number of rotatable bonds is 8. The first-order valence-corrected chi connectivity index (χ1v) is 13.7. The van der Waals surface area contributed by atoms with Crippen LogP contribution in [0.15, 0.2) is 41.3 Å². The molecule has 1 spiro atoms. The largest absolute Gasteiger partial charge is 0.395 e. The van der Waals surface area contributed by atoms with Crippen LogP contribution in [0.25, 0.3) is 0 Å². The summed E-state index contributed by atoms with van der Waals surface area (Å²) in [5.74, 6) is 1.31. The molecule has 2 aromatic rings. The van der Waals surface area contributed by atoms with E-state index in [2.05, 4.69) is 27.7 Å². The summed E-state index contributed by atoms with van der Waals surface area (Å²) < 4.78 is 0. The fourth-order valence-electron chi connectivity index (χ4n) is 5.56. The highest BCUT2D eigenvalue weighted by molar-refractivity contribution is 8.00. The third-order valence-electron chi connectivity index (χ3n) is 7.77. The molecule has 3 N–H and O–H groups in total. The van der Waals surface area contributed by atoms with E-state index in [1.54, 1.807) is 0 Å². The van der Waals surface area contributed by atoms with Crippen molar-refractivity contribution in [2.45, 2.75) is 67.9 Å². The van der Waals surface area contributed by atoms with E-state index in [0.717, 1.165) is 24.6 Å². The number of nitrogens with one attached hydrogen (secondary N) is 2. The lowest BCUT2D eigenvalue weighted by Gasteiger charge is -2.48. The molecule has 1 amide bonds. The Hall–Kier alpha value is -2.25. The number of nitrogens with zero attached hydrogens (tertiary/aromatic N) is 2. The van der Waals surface area contributed by atoms with Crippen LogP contribution in [0.5, 0.6) is 0 Å². The normalized spacial score (nSPS) is 19.7. The van der Waals surface area contributed by atoms with E-state index in [0.29, 0.717) is 28.6 Å². The van der Waals surface area contributed by atoms with Crippen LogP contribution in [0.2, 0.25) is 0 Å². The van der Waals surface area contributed by atoms with Crippen molar-refractivity contribution in [3.8, 4) is 0 Å². The number of carbonyl (C=O) groups excluding carboxylic acids is 1. The zero-order valence-corrected chi connectivity index (χ0v) is 20.7. The lowest BCUT2D eigenvalue weighted by Crippen LogP contribution is -2.44. The number of aliphatic hydroxyl groups excluding tert-OH is 1. The Bertz CT molecular complexity index is 994. The van der Waals surface area contributed by atoms with Crippen molar-refractivity contribution in [3.63, 3.8) is 0 Å². The van der Waals surface area contributed by atoms with E-state index < -0.39 is 0 Å². The van der Waals surface area contributed by atoms with Gasteiger partial charge in [0, 0.05) is 35.5 Å². The summed E-state index contributed by atoms with van der Waals surface area (Å²) in [5.41, 5.74) is 1.96. The number of benzene rings is 1. The summed E-state index contributed by atoms with van der Waals surface area (Å²) in [4.78, 5) is 21.7.